The average Bonchev–Trinajstić information content (AvgIpc) is 3.12. The minimum atomic E-state index is -3.61. The van der Waals surface area contributed by atoms with Gasteiger partial charge in [0.1, 0.15) is 5.75 Å². The molecule has 140 valence electrons. The highest BCUT2D eigenvalue weighted by molar-refractivity contribution is 7.89. The number of carbonyl (C=O) groups excluding carboxylic acids is 1. The smallest absolute Gasteiger partial charge is 0.243 e. The lowest BCUT2D eigenvalue weighted by Crippen LogP contribution is -2.30. The molecule has 0 radical (unpaired) electrons. The van der Waals surface area contributed by atoms with E-state index in [0.29, 0.717) is 50.8 Å². The van der Waals surface area contributed by atoms with Crippen molar-refractivity contribution in [2.24, 2.45) is 5.92 Å². The SMILES string of the molecule is CCOc1ccc(S(=O)(=O)N(CC)CC)cc1NC(=O)C1CCOC1. The molecule has 1 saturated heterocycles. The lowest BCUT2D eigenvalue weighted by atomic mass is 10.1. The van der Waals surface area contributed by atoms with Crippen LogP contribution in [-0.2, 0) is 19.6 Å². The van der Waals surface area contributed by atoms with Gasteiger partial charge in [-0.1, -0.05) is 13.8 Å². The zero-order valence-electron chi connectivity index (χ0n) is 14.9. The van der Waals surface area contributed by atoms with E-state index in [2.05, 4.69) is 5.32 Å². The van der Waals surface area contributed by atoms with Crippen molar-refractivity contribution in [3.63, 3.8) is 0 Å². The van der Waals surface area contributed by atoms with E-state index in [1.165, 1.54) is 16.4 Å². The van der Waals surface area contributed by atoms with Crippen molar-refractivity contribution < 1.29 is 22.7 Å². The van der Waals surface area contributed by atoms with Gasteiger partial charge in [0.2, 0.25) is 15.9 Å². The van der Waals surface area contributed by atoms with Crippen LogP contribution in [0.3, 0.4) is 0 Å². The van der Waals surface area contributed by atoms with Crippen molar-refractivity contribution in [1.29, 1.82) is 0 Å². The molecule has 25 heavy (non-hydrogen) atoms. The minimum absolute atomic E-state index is 0.137. The summed E-state index contributed by atoms with van der Waals surface area (Å²) in [6.07, 6.45) is 0.660. The molecular formula is C17H26N2O5S. The van der Waals surface area contributed by atoms with Gasteiger partial charge >= 0.3 is 0 Å². The Morgan fingerprint density at radius 2 is 2.04 bits per heavy atom. The maximum Gasteiger partial charge on any atom is 0.243 e. The van der Waals surface area contributed by atoms with Gasteiger partial charge in [0.15, 0.2) is 0 Å². The van der Waals surface area contributed by atoms with Gasteiger partial charge in [-0.3, -0.25) is 4.79 Å². The fourth-order valence-electron chi connectivity index (χ4n) is 2.74. The second-order valence-electron chi connectivity index (χ2n) is 5.73. The summed E-state index contributed by atoms with van der Waals surface area (Å²) in [5, 5.41) is 2.80. The number of nitrogens with zero attached hydrogens (tertiary/aromatic N) is 1. The van der Waals surface area contributed by atoms with Crippen LogP contribution in [-0.4, -0.2) is 51.5 Å². The van der Waals surface area contributed by atoms with E-state index in [0.717, 1.165) is 0 Å². The van der Waals surface area contributed by atoms with Gasteiger partial charge in [-0.15, -0.1) is 0 Å². The van der Waals surface area contributed by atoms with Crippen LogP contribution in [0.5, 0.6) is 5.75 Å². The number of hydrogen-bond donors (Lipinski definition) is 1. The summed E-state index contributed by atoms with van der Waals surface area (Å²) in [6.45, 7) is 7.53. The molecule has 7 nitrogen and oxygen atoms in total. The molecule has 0 spiro atoms. The largest absolute Gasteiger partial charge is 0.492 e. The van der Waals surface area contributed by atoms with Gasteiger partial charge in [-0.25, -0.2) is 8.42 Å². The molecule has 1 amide bonds. The highest BCUT2D eigenvalue weighted by Crippen LogP contribution is 2.30. The molecule has 1 aromatic carbocycles. The van der Waals surface area contributed by atoms with Crippen LogP contribution in [0, 0.1) is 5.92 Å². The Kier molecular flexibility index (Phi) is 6.80. The summed E-state index contributed by atoms with van der Waals surface area (Å²) in [5.74, 6) is 0.0432. The van der Waals surface area contributed by atoms with E-state index < -0.39 is 10.0 Å². The van der Waals surface area contributed by atoms with E-state index in [9.17, 15) is 13.2 Å². The minimum Gasteiger partial charge on any atom is -0.492 e. The number of rotatable bonds is 8. The summed E-state index contributed by atoms with van der Waals surface area (Å²) in [5.41, 5.74) is 0.368. The zero-order valence-corrected chi connectivity index (χ0v) is 15.8. The van der Waals surface area contributed by atoms with Crippen molar-refractivity contribution in [1.82, 2.24) is 4.31 Å². The van der Waals surface area contributed by atoms with Crippen LogP contribution in [0.2, 0.25) is 0 Å². The first-order chi connectivity index (χ1) is 11.9. The summed E-state index contributed by atoms with van der Waals surface area (Å²) >= 11 is 0. The third kappa shape index (κ3) is 4.50. The summed E-state index contributed by atoms with van der Waals surface area (Å²) in [6, 6.07) is 4.56. The Balaban J connectivity index is 2.33. The molecule has 0 aliphatic carbocycles. The molecule has 1 aliphatic rings. The van der Waals surface area contributed by atoms with Crippen LogP contribution in [0.1, 0.15) is 27.2 Å². The molecule has 1 fully saturated rings. The monoisotopic (exact) mass is 370 g/mol. The lowest BCUT2D eigenvalue weighted by molar-refractivity contribution is -0.119. The molecule has 1 atom stereocenters. The highest BCUT2D eigenvalue weighted by Gasteiger charge is 2.26. The molecule has 1 aliphatic heterocycles. The van der Waals surface area contributed by atoms with Crippen molar-refractivity contribution in [3.05, 3.63) is 18.2 Å². The predicted octanol–water partition coefficient (Wildman–Crippen LogP) is 2.09. The number of benzene rings is 1. The molecule has 1 N–H and O–H groups in total. The number of anilines is 1. The Morgan fingerprint density at radius 1 is 1.32 bits per heavy atom. The van der Waals surface area contributed by atoms with Crippen molar-refractivity contribution in [2.75, 3.05) is 38.2 Å². The van der Waals surface area contributed by atoms with Gasteiger partial charge in [-0.05, 0) is 31.5 Å². The Morgan fingerprint density at radius 3 is 2.60 bits per heavy atom. The summed E-state index contributed by atoms with van der Waals surface area (Å²) in [4.78, 5) is 12.5. The number of carbonyl (C=O) groups is 1. The van der Waals surface area contributed by atoms with E-state index in [1.54, 1.807) is 19.9 Å². The molecule has 0 bridgehead atoms. The van der Waals surface area contributed by atoms with E-state index in [4.69, 9.17) is 9.47 Å². The highest BCUT2D eigenvalue weighted by atomic mass is 32.2. The normalized spacial score (nSPS) is 17.7. The van der Waals surface area contributed by atoms with Gasteiger partial charge < -0.3 is 14.8 Å². The van der Waals surface area contributed by atoms with Crippen molar-refractivity contribution in [2.45, 2.75) is 32.1 Å². The van der Waals surface area contributed by atoms with Crippen LogP contribution in [0.25, 0.3) is 0 Å². The standard InChI is InChI=1S/C17H26N2O5S/c1-4-19(5-2)25(21,22)14-7-8-16(24-6-3)15(11-14)18-17(20)13-9-10-23-12-13/h7-8,11,13H,4-6,9-10,12H2,1-3H3,(H,18,20). The topological polar surface area (TPSA) is 84.9 Å². The first-order valence-electron chi connectivity index (χ1n) is 8.59. The van der Waals surface area contributed by atoms with Crippen molar-refractivity contribution >= 4 is 21.6 Å². The van der Waals surface area contributed by atoms with Gasteiger partial charge in [0, 0.05) is 19.7 Å². The molecule has 0 saturated carbocycles. The number of hydrogen-bond acceptors (Lipinski definition) is 5. The van der Waals surface area contributed by atoms with E-state index >= 15 is 0 Å². The average molecular weight is 370 g/mol. The van der Waals surface area contributed by atoms with Gasteiger partial charge in [0.05, 0.1) is 29.7 Å². The van der Waals surface area contributed by atoms with Crippen molar-refractivity contribution in [3.8, 4) is 5.75 Å². The number of amides is 1. The van der Waals surface area contributed by atoms with Gasteiger partial charge in [-0.2, -0.15) is 4.31 Å². The second kappa shape index (κ2) is 8.64. The fraction of sp³-hybridized carbons (Fsp3) is 0.588. The maximum atomic E-state index is 12.7. The predicted molar refractivity (Wildman–Crippen MR) is 95.3 cm³/mol. The Hall–Kier alpha value is -1.64. The number of nitrogens with one attached hydrogen (secondary N) is 1. The second-order valence-corrected chi connectivity index (χ2v) is 7.67. The fourth-order valence-corrected chi connectivity index (χ4v) is 4.22. The molecule has 2 rings (SSSR count). The van der Waals surface area contributed by atoms with Crippen LogP contribution in [0.4, 0.5) is 5.69 Å². The molecule has 0 aromatic heterocycles. The summed E-state index contributed by atoms with van der Waals surface area (Å²) < 4.78 is 37.6. The van der Waals surface area contributed by atoms with E-state index in [1.807, 2.05) is 6.92 Å². The quantitative estimate of drug-likeness (QED) is 0.757. The number of sulfonamides is 1. The molecule has 1 unspecified atom stereocenters. The third-order valence-electron chi connectivity index (χ3n) is 4.15. The summed E-state index contributed by atoms with van der Waals surface area (Å²) in [7, 11) is -3.61. The molecule has 1 aromatic rings. The third-order valence-corrected chi connectivity index (χ3v) is 6.20. The first-order valence-corrected chi connectivity index (χ1v) is 10.0. The molecular weight excluding hydrogens is 344 g/mol. The molecule has 8 heteroatoms. The van der Waals surface area contributed by atoms with Gasteiger partial charge in [0.25, 0.3) is 0 Å². The lowest BCUT2D eigenvalue weighted by Gasteiger charge is -2.20. The maximum absolute atomic E-state index is 12.7. The zero-order chi connectivity index (χ0) is 18.4. The number of ether oxygens (including phenoxy) is 2. The van der Waals surface area contributed by atoms with Crippen LogP contribution < -0.4 is 10.1 Å². The van der Waals surface area contributed by atoms with Crippen LogP contribution in [0.15, 0.2) is 23.1 Å². The van der Waals surface area contributed by atoms with E-state index in [-0.39, 0.29) is 16.7 Å². The molecule has 1 heterocycles. The Labute approximate surface area is 149 Å². The Bertz CT molecular complexity index is 695. The first kappa shape index (κ1) is 19.7. The van der Waals surface area contributed by atoms with Crippen LogP contribution >= 0.6 is 0 Å².